The van der Waals surface area contributed by atoms with Crippen molar-refractivity contribution in [1.82, 2.24) is 0 Å². The predicted octanol–water partition coefficient (Wildman–Crippen LogP) is 3.30. The fourth-order valence-electron chi connectivity index (χ4n) is 1.95. The zero-order chi connectivity index (χ0) is 14.5. The van der Waals surface area contributed by atoms with Crippen molar-refractivity contribution in [2.24, 2.45) is 5.73 Å². The second-order valence-electron chi connectivity index (χ2n) is 4.58. The average Bonchev–Trinajstić information content (AvgIpc) is 2.44. The highest BCUT2D eigenvalue weighted by atomic mass is 19.1. The molecule has 20 heavy (non-hydrogen) atoms. The Labute approximate surface area is 117 Å². The summed E-state index contributed by atoms with van der Waals surface area (Å²) in [6.45, 7) is 2.06. The van der Waals surface area contributed by atoms with E-state index in [0.29, 0.717) is 11.3 Å². The number of rotatable bonds is 4. The molecule has 0 amide bonds. The van der Waals surface area contributed by atoms with Gasteiger partial charge < -0.3 is 10.5 Å². The number of nitrogens with zero attached hydrogens (tertiary/aromatic N) is 1. The molecule has 0 heterocycles. The minimum atomic E-state index is -0.442. The van der Waals surface area contributed by atoms with Gasteiger partial charge in [0.25, 0.3) is 0 Å². The average molecular weight is 270 g/mol. The van der Waals surface area contributed by atoms with Gasteiger partial charge in [-0.3, -0.25) is 0 Å². The van der Waals surface area contributed by atoms with Crippen molar-refractivity contribution in [1.29, 1.82) is 5.26 Å². The van der Waals surface area contributed by atoms with E-state index in [9.17, 15) is 4.39 Å². The molecule has 0 saturated carbocycles. The van der Waals surface area contributed by atoms with Gasteiger partial charge in [0.05, 0.1) is 11.6 Å². The molecule has 0 unspecified atom stereocenters. The molecule has 0 aromatic heterocycles. The summed E-state index contributed by atoms with van der Waals surface area (Å²) in [4.78, 5) is 0. The molecule has 2 aromatic rings. The van der Waals surface area contributed by atoms with E-state index >= 15 is 0 Å². The van der Waals surface area contributed by atoms with Gasteiger partial charge in [0.15, 0.2) is 0 Å². The third-order valence-electron chi connectivity index (χ3n) is 2.89. The molecular formula is C16H15FN2O. The van der Waals surface area contributed by atoms with E-state index in [0.717, 1.165) is 5.56 Å². The van der Waals surface area contributed by atoms with Crippen LogP contribution in [0.4, 0.5) is 4.39 Å². The molecule has 2 aromatic carbocycles. The van der Waals surface area contributed by atoms with Crippen molar-refractivity contribution in [3.63, 3.8) is 0 Å². The van der Waals surface area contributed by atoms with Gasteiger partial charge in [0.2, 0.25) is 0 Å². The van der Waals surface area contributed by atoms with Crippen LogP contribution in [-0.4, -0.2) is 0 Å². The van der Waals surface area contributed by atoms with E-state index in [-0.39, 0.29) is 18.2 Å². The maximum Gasteiger partial charge on any atom is 0.124 e. The Morgan fingerprint density at radius 1 is 1.30 bits per heavy atom. The summed E-state index contributed by atoms with van der Waals surface area (Å²) >= 11 is 0. The molecule has 1 atom stereocenters. The fraction of sp³-hybridized carbons (Fsp3) is 0.188. The summed E-state index contributed by atoms with van der Waals surface area (Å²) in [6, 6.07) is 13.4. The smallest absolute Gasteiger partial charge is 0.124 e. The number of ether oxygens (including phenoxy) is 1. The molecule has 0 aliphatic carbocycles. The third-order valence-corrected chi connectivity index (χ3v) is 2.89. The van der Waals surface area contributed by atoms with Crippen LogP contribution in [0, 0.1) is 17.1 Å². The van der Waals surface area contributed by atoms with Gasteiger partial charge >= 0.3 is 0 Å². The molecule has 0 bridgehead atoms. The van der Waals surface area contributed by atoms with Crippen LogP contribution in [0.15, 0.2) is 42.5 Å². The number of benzene rings is 2. The lowest BCUT2D eigenvalue weighted by Crippen LogP contribution is -2.08. The predicted molar refractivity (Wildman–Crippen MR) is 74.5 cm³/mol. The molecule has 3 nitrogen and oxygen atoms in total. The fourth-order valence-corrected chi connectivity index (χ4v) is 1.95. The van der Waals surface area contributed by atoms with Crippen LogP contribution in [0.1, 0.15) is 29.7 Å². The zero-order valence-corrected chi connectivity index (χ0v) is 11.1. The lowest BCUT2D eigenvalue weighted by Gasteiger charge is -2.14. The van der Waals surface area contributed by atoms with Crippen LogP contribution in [-0.2, 0) is 6.61 Å². The van der Waals surface area contributed by atoms with E-state index in [1.54, 1.807) is 6.07 Å². The molecule has 0 aliphatic heterocycles. The number of nitriles is 1. The Bertz CT molecular complexity index is 647. The van der Waals surface area contributed by atoms with Gasteiger partial charge in [0, 0.05) is 11.6 Å². The molecular weight excluding hydrogens is 255 g/mol. The molecule has 102 valence electrons. The van der Waals surface area contributed by atoms with Gasteiger partial charge in [0.1, 0.15) is 18.2 Å². The Hall–Kier alpha value is -2.38. The second kappa shape index (κ2) is 6.18. The van der Waals surface area contributed by atoms with Crippen molar-refractivity contribution in [3.05, 3.63) is 65.0 Å². The van der Waals surface area contributed by atoms with Crippen LogP contribution in [0.25, 0.3) is 0 Å². The van der Waals surface area contributed by atoms with E-state index < -0.39 is 5.82 Å². The van der Waals surface area contributed by atoms with Crippen LogP contribution in [0.5, 0.6) is 5.75 Å². The van der Waals surface area contributed by atoms with E-state index in [1.807, 2.05) is 37.3 Å². The van der Waals surface area contributed by atoms with Crippen LogP contribution in [0.3, 0.4) is 0 Å². The minimum absolute atomic E-state index is 0.145. The number of halogens is 1. The molecule has 4 heteroatoms. The summed E-state index contributed by atoms with van der Waals surface area (Å²) in [7, 11) is 0. The maximum atomic E-state index is 13.3. The molecule has 0 aliphatic rings. The summed E-state index contributed by atoms with van der Waals surface area (Å²) in [5.41, 5.74) is 7.66. The highest BCUT2D eigenvalue weighted by Crippen LogP contribution is 2.24. The molecule has 0 saturated heterocycles. The van der Waals surface area contributed by atoms with E-state index in [2.05, 4.69) is 0 Å². The van der Waals surface area contributed by atoms with E-state index in [4.69, 9.17) is 15.7 Å². The van der Waals surface area contributed by atoms with Crippen molar-refractivity contribution in [2.45, 2.75) is 19.6 Å². The minimum Gasteiger partial charge on any atom is -0.489 e. The first-order valence-corrected chi connectivity index (χ1v) is 6.27. The molecule has 0 fully saturated rings. The first-order chi connectivity index (χ1) is 9.60. The first kappa shape index (κ1) is 14.0. The SMILES string of the molecule is C[C@H](N)c1ccccc1OCc1cc(F)cc(C#N)c1. The highest BCUT2D eigenvalue weighted by Gasteiger charge is 2.08. The third kappa shape index (κ3) is 3.34. The Balaban J connectivity index is 2.17. The summed E-state index contributed by atoms with van der Waals surface area (Å²) in [6.07, 6.45) is 0. The molecule has 2 N–H and O–H groups in total. The molecule has 0 radical (unpaired) electrons. The molecule has 2 rings (SSSR count). The Kier molecular flexibility index (Phi) is 4.34. The van der Waals surface area contributed by atoms with Crippen LogP contribution in [0.2, 0.25) is 0 Å². The maximum absolute atomic E-state index is 13.3. The van der Waals surface area contributed by atoms with Gasteiger partial charge in [-0.05, 0) is 36.8 Å². The largest absolute Gasteiger partial charge is 0.489 e. The molecule has 0 spiro atoms. The Morgan fingerprint density at radius 2 is 2.05 bits per heavy atom. The number of hydrogen-bond acceptors (Lipinski definition) is 3. The standard InChI is InChI=1S/C16H15FN2O/c1-11(19)15-4-2-3-5-16(15)20-10-13-6-12(9-18)7-14(17)8-13/h2-8,11H,10,19H2,1H3/t11-/m0/s1. The summed E-state index contributed by atoms with van der Waals surface area (Å²) in [5.74, 6) is 0.230. The zero-order valence-electron chi connectivity index (χ0n) is 11.1. The second-order valence-corrected chi connectivity index (χ2v) is 4.58. The van der Waals surface area contributed by atoms with Crippen LogP contribution < -0.4 is 10.5 Å². The van der Waals surface area contributed by atoms with Crippen molar-refractivity contribution < 1.29 is 9.13 Å². The first-order valence-electron chi connectivity index (χ1n) is 6.27. The van der Waals surface area contributed by atoms with Crippen molar-refractivity contribution >= 4 is 0 Å². The number of para-hydroxylation sites is 1. The summed E-state index contributed by atoms with van der Waals surface area (Å²) < 4.78 is 19.0. The van der Waals surface area contributed by atoms with E-state index in [1.165, 1.54) is 12.1 Å². The number of nitrogens with two attached hydrogens (primary N) is 1. The Morgan fingerprint density at radius 3 is 2.75 bits per heavy atom. The lowest BCUT2D eigenvalue weighted by molar-refractivity contribution is 0.301. The van der Waals surface area contributed by atoms with Crippen molar-refractivity contribution in [2.75, 3.05) is 0 Å². The lowest BCUT2D eigenvalue weighted by atomic mass is 10.1. The monoisotopic (exact) mass is 270 g/mol. The quantitative estimate of drug-likeness (QED) is 0.927. The van der Waals surface area contributed by atoms with Gasteiger partial charge in [-0.1, -0.05) is 18.2 Å². The van der Waals surface area contributed by atoms with Gasteiger partial charge in [-0.15, -0.1) is 0 Å². The van der Waals surface area contributed by atoms with Crippen LogP contribution >= 0.6 is 0 Å². The normalized spacial score (nSPS) is 11.7. The van der Waals surface area contributed by atoms with Crippen molar-refractivity contribution in [3.8, 4) is 11.8 Å². The van der Waals surface area contributed by atoms with Gasteiger partial charge in [-0.2, -0.15) is 5.26 Å². The topological polar surface area (TPSA) is 59.0 Å². The van der Waals surface area contributed by atoms with Gasteiger partial charge in [-0.25, -0.2) is 4.39 Å². The summed E-state index contributed by atoms with van der Waals surface area (Å²) in [5, 5.41) is 8.81. The number of hydrogen-bond donors (Lipinski definition) is 1. The highest BCUT2D eigenvalue weighted by molar-refractivity contribution is 5.37.